The van der Waals surface area contributed by atoms with Gasteiger partial charge in [-0.25, -0.2) is 13.1 Å². The number of nitrogens with zero attached hydrogens (tertiary/aromatic N) is 1. The van der Waals surface area contributed by atoms with E-state index in [0.717, 1.165) is 17.5 Å². The van der Waals surface area contributed by atoms with Crippen LogP contribution in [0, 0.1) is 6.92 Å². The second-order valence-corrected chi connectivity index (χ2v) is 8.47. The SMILES string of the molecule is CCc1ccc(CN(C)C(=O)c2cc(S(=O)(=O)NCCOC)ccc2C)cc1. The molecule has 0 unspecified atom stereocenters. The van der Waals surface area contributed by atoms with Gasteiger partial charge in [0.1, 0.15) is 0 Å². The van der Waals surface area contributed by atoms with E-state index in [1.54, 1.807) is 24.9 Å². The summed E-state index contributed by atoms with van der Waals surface area (Å²) in [6.07, 6.45) is 0.966. The molecule has 7 heteroatoms. The minimum Gasteiger partial charge on any atom is -0.383 e. The normalized spacial score (nSPS) is 11.4. The fourth-order valence-corrected chi connectivity index (χ4v) is 3.83. The summed E-state index contributed by atoms with van der Waals surface area (Å²) in [4.78, 5) is 14.6. The van der Waals surface area contributed by atoms with Crippen LogP contribution in [0.3, 0.4) is 0 Å². The monoisotopic (exact) mass is 404 g/mol. The van der Waals surface area contributed by atoms with Crippen LogP contribution in [-0.4, -0.2) is 46.5 Å². The summed E-state index contributed by atoms with van der Waals surface area (Å²) in [5.74, 6) is -0.217. The van der Waals surface area contributed by atoms with Crippen molar-refractivity contribution in [2.24, 2.45) is 0 Å². The van der Waals surface area contributed by atoms with Gasteiger partial charge in [-0.05, 0) is 42.2 Å². The molecule has 0 atom stereocenters. The molecule has 0 bridgehead atoms. The third kappa shape index (κ3) is 5.64. The lowest BCUT2D eigenvalue weighted by molar-refractivity contribution is 0.0784. The van der Waals surface area contributed by atoms with Crippen LogP contribution in [-0.2, 0) is 27.7 Å². The number of hydrogen-bond donors (Lipinski definition) is 1. The summed E-state index contributed by atoms with van der Waals surface area (Å²) in [5, 5.41) is 0. The minimum absolute atomic E-state index is 0.0678. The smallest absolute Gasteiger partial charge is 0.254 e. The molecular formula is C21H28N2O4S. The van der Waals surface area contributed by atoms with Crippen molar-refractivity contribution in [3.05, 3.63) is 64.7 Å². The number of hydrogen-bond acceptors (Lipinski definition) is 4. The molecule has 1 amide bonds. The van der Waals surface area contributed by atoms with Gasteiger partial charge in [0.05, 0.1) is 11.5 Å². The Balaban J connectivity index is 2.19. The number of benzene rings is 2. The molecule has 2 aromatic carbocycles. The van der Waals surface area contributed by atoms with Crippen molar-refractivity contribution in [1.82, 2.24) is 9.62 Å². The molecule has 6 nitrogen and oxygen atoms in total. The van der Waals surface area contributed by atoms with Gasteiger partial charge in [-0.15, -0.1) is 0 Å². The fourth-order valence-electron chi connectivity index (χ4n) is 2.79. The van der Waals surface area contributed by atoms with Crippen LogP contribution < -0.4 is 4.72 Å². The van der Waals surface area contributed by atoms with E-state index in [-0.39, 0.29) is 24.0 Å². The molecule has 1 N–H and O–H groups in total. The van der Waals surface area contributed by atoms with Crippen molar-refractivity contribution in [2.45, 2.75) is 31.7 Å². The van der Waals surface area contributed by atoms with E-state index in [1.165, 1.54) is 24.8 Å². The van der Waals surface area contributed by atoms with Crippen LogP contribution in [0.2, 0.25) is 0 Å². The van der Waals surface area contributed by atoms with E-state index in [9.17, 15) is 13.2 Å². The van der Waals surface area contributed by atoms with Gasteiger partial charge >= 0.3 is 0 Å². The Hall–Kier alpha value is -2.22. The standard InChI is InChI=1S/C21H28N2O4S/c1-5-17-7-9-18(10-8-17)15-23(3)21(24)20-14-19(11-6-16(20)2)28(25,26)22-12-13-27-4/h6-11,14,22H,5,12-13,15H2,1-4H3. The Morgan fingerprint density at radius 3 is 2.36 bits per heavy atom. The maximum absolute atomic E-state index is 12.9. The van der Waals surface area contributed by atoms with Gasteiger partial charge in [0.15, 0.2) is 0 Å². The molecule has 0 radical (unpaired) electrons. The number of ether oxygens (including phenoxy) is 1. The summed E-state index contributed by atoms with van der Waals surface area (Å²) >= 11 is 0. The summed E-state index contributed by atoms with van der Waals surface area (Å²) in [7, 11) is -0.480. The van der Waals surface area contributed by atoms with Gasteiger partial charge in [-0.2, -0.15) is 0 Å². The van der Waals surface area contributed by atoms with Crippen molar-refractivity contribution < 1.29 is 17.9 Å². The fraction of sp³-hybridized carbons (Fsp3) is 0.381. The number of rotatable bonds is 9. The number of aryl methyl sites for hydroxylation is 2. The minimum atomic E-state index is -3.70. The molecule has 0 spiro atoms. The first-order valence-corrected chi connectivity index (χ1v) is 10.7. The van der Waals surface area contributed by atoms with Crippen molar-refractivity contribution in [3.63, 3.8) is 0 Å². The van der Waals surface area contributed by atoms with E-state index >= 15 is 0 Å². The molecule has 2 rings (SSSR count). The van der Waals surface area contributed by atoms with Gasteiger partial charge in [0.2, 0.25) is 10.0 Å². The van der Waals surface area contributed by atoms with Gasteiger partial charge in [-0.1, -0.05) is 37.3 Å². The lowest BCUT2D eigenvalue weighted by Gasteiger charge is -2.19. The Morgan fingerprint density at radius 1 is 1.11 bits per heavy atom. The Bertz CT molecular complexity index is 909. The summed E-state index contributed by atoms with van der Waals surface area (Å²) < 4.78 is 32.2. The predicted octanol–water partition coefficient (Wildman–Crippen LogP) is 2.75. The first-order chi connectivity index (χ1) is 13.3. The highest BCUT2D eigenvalue weighted by Crippen LogP contribution is 2.18. The first kappa shape index (κ1) is 22.1. The summed E-state index contributed by atoms with van der Waals surface area (Å²) in [6, 6.07) is 12.7. The number of nitrogens with one attached hydrogen (secondary N) is 1. The largest absolute Gasteiger partial charge is 0.383 e. The lowest BCUT2D eigenvalue weighted by Crippen LogP contribution is -2.29. The third-order valence-corrected chi connectivity index (χ3v) is 6.00. The van der Waals surface area contributed by atoms with E-state index in [4.69, 9.17) is 4.74 Å². The quantitative estimate of drug-likeness (QED) is 0.652. The van der Waals surface area contributed by atoms with E-state index in [1.807, 2.05) is 12.1 Å². The number of methoxy groups -OCH3 is 1. The molecule has 0 aliphatic carbocycles. The molecule has 0 heterocycles. The van der Waals surface area contributed by atoms with Gasteiger partial charge in [0.25, 0.3) is 5.91 Å². The van der Waals surface area contributed by atoms with E-state index in [2.05, 4.69) is 23.8 Å². The van der Waals surface area contributed by atoms with E-state index in [0.29, 0.717) is 12.1 Å². The highest BCUT2D eigenvalue weighted by molar-refractivity contribution is 7.89. The number of carbonyl (C=O) groups excluding carboxylic acids is 1. The Labute approximate surface area is 167 Å². The zero-order chi connectivity index (χ0) is 20.7. The van der Waals surface area contributed by atoms with Crippen LogP contribution in [0.15, 0.2) is 47.4 Å². The predicted molar refractivity (Wildman–Crippen MR) is 110 cm³/mol. The third-order valence-electron chi connectivity index (χ3n) is 4.55. The molecule has 0 aromatic heterocycles. The molecule has 152 valence electrons. The van der Waals surface area contributed by atoms with Crippen LogP contribution in [0.5, 0.6) is 0 Å². The highest BCUT2D eigenvalue weighted by Gasteiger charge is 2.20. The van der Waals surface area contributed by atoms with Gasteiger partial charge < -0.3 is 9.64 Å². The van der Waals surface area contributed by atoms with Crippen molar-refractivity contribution in [2.75, 3.05) is 27.3 Å². The Kier molecular flexibility index (Phi) is 7.74. The molecule has 0 aliphatic rings. The van der Waals surface area contributed by atoms with Crippen molar-refractivity contribution in [3.8, 4) is 0 Å². The molecule has 2 aromatic rings. The number of amides is 1. The van der Waals surface area contributed by atoms with Crippen LogP contribution in [0.1, 0.15) is 34.0 Å². The average Bonchev–Trinajstić information content (AvgIpc) is 2.68. The average molecular weight is 405 g/mol. The molecule has 0 saturated heterocycles. The molecule has 28 heavy (non-hydrogen) atoms. The maximum atomic E-state index is 12.9. The van der Waals surface area contributed by atoms with Crippen LogP contribution in [0.4, 0.5) is 0 Å². The van der Waals surface area contributed by atoms with Crippen molar-refractivity contribution in [1.29, 1.82) is 0 Å². The number of carbonyl (C=O) groups is 1. The summed E-state index contributed by atoms with van der Waals surface area (Å²) in [5.41, 5.74) is 3.37. The molecule has 0 saturated carbocycles. The Morgan fingerprint density at radius 2 is 1.75 bits per heavy atom. The van der Waals surface area contributed by atoms with Crippen LogP contribution >= 0.6 is 0 Å². The maximum Gasteiger partial charge on any atom is 0.254 e. The van der Waals surface area contributed by atoms with Gasteiger partial charge in [-0.3, -0.25) is 4.79 Å². The van der Waals surface area contributed by atoms with E-state index < -0.39 is 10.0 Å². The number of sulfonamides is 1. The molecule has 0 fully saturated rings. The first-order valence-electron chi connectivity index (χ1n) is 9.21. The van der Waals surface area contributed by atoms with Crippen molar-refractivity contribution >= 4 is 15.9 Å². The molecular weight excluding hydrogens is 376 g/mol. The zero-order valence-electron chi connectivity index (χ0n) is 16.9. The van der Waals surface area contributed by atoms with Crippen LogP contribution in [0.25, 0.3) is 0 Å². The molecule has 0 aliphatic heterocycles. The zero-order valence-corrected chi connectivity index (χ0v) is 17.7. The van der Waals surface area contributed by atoms with Gasteiger partial charge in [0, 0.05) is 32.8 Å². The highest BCUT2D eigenvalue weighted by atomic mass is 32.2. The lowest BCUT2D eigenvalue weighted by atomic mass is 10.1. The second kappa shape index (κ2) is 9.82. The topological polar surface area (TPSA) is 75.7 Å². The second-order valence-electron chi connectivity index (χ2n) is 6.70. The summed E-state index contributed by atoms with van der Waals surface area (Å²) in [6.45, 7) is 4.79.